The lowest BCUT2D eigenvalue weighted by Crippen LogP contribution is -2.35. The molecule has 34 heavy (non-hydrogen) atoms. The maximum absolute atomic E-state index is 12.8. The van der Waals surface area contributed by atoms with Crippen molar-refractivity contribution in [2.45, 2.75) is 50.1 Å². The van der Waals surface area contributed by atoms with Gasteiger partial charge in [-0.05, 0) is 42.5 Å². The Hall–Kier alpha value is -2.97. The Kier molecular flexibility index (Phi) is 7.80. The molecule has 3 aromatic rings. The van der Waals surface area contributed by atoms with Gasteiger partial charge < -0.3 is 4.90 Å². The van der Waals surface area contributed by atoms with E-state index in [1.165, 1.54) is 5.56 Å². The maximum atomic E-state index is 12.8. The topological polar surface area (TPSA) is 75.5 Å². The van der Waals surface area contributed by atoms with Crippen LogP contribution >= 0.6 is 0 Å². The van der Waals surface area contributed by atoms with Gasteiger partial charge >= 0.3 is 0 Å². The second-order valence-corrected chi connectivity index (χ2v) is 10.8. The molecule has 8 heteroatoms. The zero-order valence-corrected chi connectivity index (χ0v) is 20.5. The van der Waals surface area contributed by atoms with Gasteiger partial charge in [0, 0.05) is 44.9 Å². The first-order valence-corrected chi connectivity index (χ1v) is 13.2. The minimum absolute atomic E-state index is 0.0424. The summed E-state index contributed by atoms with van der Waals surface area (Å²) in [6, 6.07) is 17.1. The van der Waals surface area contributed by atoms with Gasteiger partial charge in [-0.1, -0.05) is 48.9 Å². The number of amides is 1. The van der Waals surface area contributed by atoms with Crippen LogP contribution in [0.5, 0.6) is 0 Å². The zero-order chi connectivity index (χ0) is 24.0. The molecule has 2 heterocycles. The van der Waals surface area contributed by atoms with Crippen LogP contribution in [0.3, 0.4) is 0 Å². The van der Waals surface area contributed by atoms with Crippen LogP contribution in [0.4, 0.5) is 0 Å². The Morgan fingerprint density at radius 2 is 1.65 bits per heavy atom. The van der Waals surface area contributed by atoms with Crippen LogP contribution in [0, 0.1) is 0 Å². The lowest BCUT2D eigenvalue weighted by Gasteiger charge is -2.25. The van der Waals surface area contributed by atoms with Crippen LogP contribution < -0.4 is 0 Å². The van der Waals surface area contributed by atoms with E-state index in [0.29, 0.717) is 43.9 Å². The van der Waals surface area contributed by atoms with Gasteiger partial charge in [0.1, 0.15) is 0 Å². The van der Waals surface area contributed by atoms with E-state index in [1.54, 1.807) is 34.6 Å². The summed E-state index contributed by atoms with van der Waals surface area (Å²) in [5.74, 6) is 0.0424. The smallest absolute Gasteiger partial charge is 0.243 e. The van der Waals surface area contributed by atoms with Crippen LogP contribution in [0.2, 0.25) is 0 Å². The first kappa shape index (κ1) is 24.2. The van der Waals surface area contributed by atoms with Crippen molar-refractivity contribution < 1.29 is 13.2 Å². The Morgan fingerprint density at radius 1 is 0.941 bits per heavy atom. The average molecular weight is 481 g/mol. The molecule has 0 atom stereocenters. The molecule has 1 saturated heterocycles. The van der Waals surface area contributed by atoms with Crippen molar-refractivity contribution in [3.05, 3.63) is 83.7 Å². The molecular formula is C26H32N4O3S. The van der Waals surface area contributed by atoms with Gasteiger partial charge in [0.25, 0.3) is 0 Å². The molecule has 2 aromatic carbocycles. The standard InChI is InChI=1S/C26H32N4O3S/c1-28(19-24-18-27-29(21-24)20-23-8-4-2-5-9-23)26(31)15-12-22-10-13-25(14-11-22)34(32,33)30-16-6-3-7-17-30/h2,4-5,8-11,13-14,18,21H,3,6-7,12,15-17,19-20H2,1H3. The normalized spacial score (nSPS) is 14.7. The van der Waals surface area contributed by atoms with Crippen molar-refractivity contribution in [2.24, 2.45) is 0 Å². The number of rotatable bonds is 9. The molecule has 1 aliphatic rings. The number of hydrogen-bond acceptors (Lipinski definition) is 4. The Bertz CT molecular complexity index is 1180. The summed E-state index contributed by atoms with van der Waals surface area (Å²) in [5.41, 5.74) is 3.12. The van der Waals surface area contributed by atoms with Crippen LogP contribution in [-0.4, -0.2) is 53.4 Å². The van der Waals surface area contributed by atoms with Crippen LogP contribution in [0.1, 0.15) is 42.4 Å². The number of nitrogens with zero attached hydrogens (tertiary/aromatic N) is 4. The van der Waals surface area contributed by atoms with Gasteiger partial charge in [0.2, 0.25) is 15.9 Å². The lowest BCUT2D eigenvalue weighted by atomic mass is 10.1. The zero-order valence-electron chi connectivity index (χ0n) is 19.6. The largest absolute Gasteiger partial charge is 0.341 e. The van der Waals surface area contributed by atoms with Gasteiger partial charge in [-0.3, -0.25) is 9.48 Å². The number of benzene rings is 2. The molecule has 180 valence electrons. The molecule has 0 bridgehead atoms. The molecule has 1 aromatic heterocycles. The minimum Gasteiger partial charge on any atom is -0.341 e. The van der Waals surface area contributed by atoms with Gasteiger partial charge in [0.15, 0.2) is 0 Å². The molecule has 1 amide bonds. The Balaban J connectivity index is 1.27. The van der Waals surface area contributed by atoms with Gasteiger partial charge in [-0.2, -0.15) is 9.40 Å². The second-order valence-electron chi connectivity index (χ2n) is 8.89. The highest BCUT2D eigenvalue weighted by Crippen LogP contribution is 2.21. The molecular weight excluding hydrogens is 448 g/mol. The SMILES string of the molecule is CN(Cc1cnn(Cc2ccccc2)c1)C(=O)CCc1ccc(S(=O)(=O)N2CCCCC2)cc1. The number of aryl methyl sites for hydroxylation is 1. The molecule has 0 unspecified atom stereocenters. The van der Waals surface area contributed by atoms with E-state index in [1.807, 2.05) is 41.2 Å². The number of carbonyl (C=O) groups excluding carboxylic acids is 1. The van der Waals surface area contributed by atoms with Crippen LogP contribution in [0.25, 0.3) is 0 Å². The summed E-state index contributed by atoms with van der Waals surface area (Å²) in [5, 5.41) is 4.41. The monoisotopic (exact) mass is 480 g/mol. The molecule has 0 aliphatic carbocycles. The fraction of sp³-hybridized carbons (Fsp3) is 0.385. The summed E-state index contributed by atoms with van der Waals surface area (Å²) >= 11 is 0. The molecule has 4 rings (SSSR count). The van der Waals surface area contributed by atoms with E-state index < -0.39 is 10.0 Å². The molecule has 0 spiro atoms. The predicted octanol–water partition coefficient (Wildman–Crippen LogP) is 3.70. The van der Waals surface area contributed by atoms with Crippen LogP contribution in [0.15, 0.2) is 71.9 Å². The fourth-order valence-corrected chi connectivity index (χ4v) is 5.75. The van der Waals surface area contributed by atoms with E-state index in [4.69, 9.17) is 0 Å². The molecule has 0 saturated carbocycles. The van der Waals surface area contributed by atoms with Crippen molar-refractivity contribution in [3.8, 4) is 0 Å². The van der Waals surface area contributed by atoms with E-state index in [2.05, 4.69) is 17.2 Å². The maximum Gasteiger partial charge on any atom is 0.243 e. The first-order valence-electron chi connectivity index (χ1n) is 11.8. The third-order valence-electron chi connectivity index (χ3n) is 6.22. The van der Waals surface area contributed by atoms with Gasteiger partial charge in [-0.15, -0.1) is 0 Å². The lowest BCUT2D eigenvalue weighted by molar-refractivity contribution is -0.130. The third-order valence-corrected chi connectivity index (χ3v) is 8.14. The molecule has 7 nitrogen and oxygen atoms in total. The van der Waals surface area contributed by atoms with Crippen molar-refractivity contribution in [3.63, 3.8) is 0 Å². The summed E-state index contributed by atoms with van der Waals surface area (Å²) in [6.45, 7) is 2.38. The summed E-state index contributed by atoms with van der Waals surface area (Å²) < 4.78 is 29.0. The van der Waals surface area contributed by atoms with Crippen molar-refractivity contribution >= 4 is 15.9 Å². The van der Waals surface area contributed by atoms with Gasteiger partial charge in [-0.25, -0.2) is 8.42 Å². The second kappa shape index (κ2) is 11.0. The fourth-order valence-electron chi connectivity index (χ4n) is 4.23. The van der Waals surface area contributed by atoms with E-state index in [0.717, 1.165) is 30.4 Å². The number of aromatic nitrogens is 2. The minimum atomic E-state index is -3.43. The predicted molar refractivity (Wildman–Crippen MR) is 132 cm³/mol. The molecule has 1 fully saturated rings. The van der Waals surface area contributed by atoms with Crippen molar-refractivity contribution in [1.29, 1.82) is 0 Å². The summed E-state index contributed by atoms with van der Waals surface area (Å²) in [4.78, 5) is 14.7. The number of hydrogen-bond donors (Lipinski definition) is 0. The van der Waals surface area contributed by atoms with Crippen molar-refractivity contribution in [1.82, 2.24) is 19.0 Å². The average Bonchev–Trinajstić information content (AvgIpc) is 3.30. The number of carbonyl (C=O) groups is 1. The third kappa shape index (κ3) is 6.12. The Labute approximate surface area is 202 Å². The first-order chi connectivity index (χ1) is 16.4. The molecule has 0 N–H and O–H groups in total. The van der Waals surface area contributed by atoms with Crippen molar-refractivity contribution in [2.75, 3.05) is 20.1 Å². The Morgan fingerprint density at radius 3 is 2.35 bits per heavy atom. The van der Waals surface area contributed by atoms with E-state index >= 15 is 0 Å². The highest BCUT2D eigenvalue weighted by molar-refractivity contribution is 7.89. The highest BCUT2D eigenvalue weighted by Gasteiger charge is 2.25. The van der Waals surface area contributed by atoms with Crippen LogP contribution in [-0.2, 0) is 34.3 Å². The quantitative estimate of drug-likeness (QED) is 0.468. The van der Waals surface area contributed by atoms with Gasteiger partial charge in [0.05, 0.1) is 17.6 Å². The summed E-state index contributed by atoms with van der Waals surface area (Å²) in [7, 11) is -1.63. The van der Waals surface area contributed by atoms with E-state index in [9.17, 15) is 13.2 Å². The van der Waals surface area contributed by atoms with E-state index in [-0.39, 0.29) is 5.91 Å². The number of sulfonamides is 1. The molecule has 1 aliphatic heterocycles. The number of piperidine rings is 1. The highest BCUT2D eigenvalue weighted by atomic mass is 32.2. The summed E-state index contributed by atoms with van der Waals surface area (Å²) in [6.07, 6.45) is 7.63. The molecule has 0 radical (unpaired) electrons.